The van der Waals surface area contributed by atoms with Gasteiger partial charge in [-0.1, -0.05) is 0 Å². The monoisotopic (exact) mass is 305 g/mol. The van der Waals surface area contributed by atoms with Gasteiger partial charge in [0.15, 0.2) is 11.6 Å². The van der Waals surface area contributed by atoms with Crippen molar-refractivity contribution in [2.24, 2.45) is 0 Å². The Balaban J connectivity index is 2.18. The molecular weight excluding hydrogens is 297 g/mol. The molecule has 8 heteroatoms. The number of benzene rings is 2. The molecule has 0 radical (unpaired) electrons. The first-order valence-electron chi connectivity index (χ1n) is 5.53. The normalized spacial score (nSPS) is 11.3. The van der Waals surface area contributed by atoms with Gasteiger partial charge in [0.05, 0.1) is 0 Å². The average molecular weight is 305 g/mol. The summed E-state index contributed by atoms with van der Waals surface area (Å²) in [5.41, 5.74) is 4.96. The van der Waals surface area contributed by atoms with Crippen LogP contribution in [0, 0.1) is 11.6 Å². The van der Waals surface area contributed by atoms with Crippen LogP contribution in [0.2, 0.25) is 0 Å². The lowest BCUT2D eigenvalue weighted by Gasteiger charge is -2.11. The molecule has 0 spiro atoms. The molecule has 0 amide bonds. The fourth-order valence-electron chi connectivity index (χ4n) is 1.48. The predicted molar refractivity (Wildman–Crippen MR) is 64.0 cm³/mol. The quantitative estimate of drug-likeness (QED) is 0.681. The maximum Gasteiger partial charge on any atom is 0.573 e. The summed E-state index contributed by atoms with van der Waals surface area (Å²) in [7, 11) is 0. The summed E-state index contributed by atoms with van der Waals surface area (Å²) in [6.45, 7) is 0. The maximum absolute atomic E-state index is 13.2. The highest BCUT2D eigenvalue weighted by atomic mass is 19.4. The van der Waals surface area contributed by atoms with Gasteiger partial charge in [-0.2, -0.15) is 0 Å². The number of ether oxygens (including phenoxy) is 2. The number of anilines is 1. The van der Waals surface area contributed by atoms with Crippen molar-refractivity contribution in [2.45, 2.75) is 6.36 Å². The lowest BCUT2D eigenvalue weighted by atomic mass is 10.2. The summed E-state index contributed by atoms with van der Waals surface area (Å²) in [6.07, 6.45) is -4.81. The average Bonchev–Trinajstić information content (AvgIpc) is 2.36. The zero-order chi connectivity index (χ0) is 15.6. The lowest BCUT2D eigenvalue weighted by Crippen LogP contribution is -2.16. The molecule has 0 aliphatic rings. The van der Waals surface area contributed by atoms with Crippen LogP contribution < -0.4 is 15.2 Å². The zero-order valence-electron chi connectivity index (χ0n) is 10.2. The van der Waals surface area contributed by atoms with E-state index >= 15 is 0 Å². The van der Waals surface area contributed by atoms with E-state index in [-0.39, 0.29) is 11.5 Å². The van der Waals surface area contributed by atoms with Crippen molar-refractivity contribution >= 4 is 5.69 Å². The van der Waals surface area contributed by atoms with Crippen molar-refractivity contribution in [1.82, 2.24) is 0 Å². The van der Waals surface area contributed by atoms with Crippen LogP contribution in [0.25, 0.3) is 0 Å². The van der Waals surface area contributed by atoms with Crippen LogP contribution in [-0.2, 0) is 0 Å². The van der Waals surface area contributed by atoms with E-state index in [0.29, 0.717) is 6.07 Å². The molecule has 0 unspecified atom stereocenters. The van der Waals surface area contributed by atoms with Crippen LogP contribution in [0.5, 0.6) is 17.2 Å². The minimum absolute atomic E-state index is 0.0428. The van der Waals surface area contributed by atoms with Crippen LogP contribution >= 0.6 is 0 Å². The Morgan fingerprint density at radius 2 is 1.48 bits per heavy atom. The van der Waals surface area contributed by atoms with E-state index in [2.05, 4.69) is 4.74 Å². The minimum atomic E-state index is -4.81. The fraction of sp³-hybridized carbons (Fsp3) is 0.0769. The van der Waals surface area contributed by atoms with Crippen molar-refractivity contribution in [3.05, 3.63) is 48.0 Å². The third-order valence-corrected chi connectivity index (χ3v) is 2.34. The molecule has 0 aliphatic heterocycles. The molecule has 2 rings (SSSR count). The highest BCUT2D eigenvalue weighted by molar-refractivity contribution is 5.55. The smallest absolute Gasteiger partial charge is 0.455 e. The SMILES string of the molecule is Nc1c(F)cc(F)cc1Oc1ccc(OC(F)(F)F)cc1. The summed E-state index contributed by atoms with van der Waals surface area (Å²) >= 11 is 0. The second kappa shape index (κ2) is 5.47. The molecule has 2 aromatic carbocycles. The van der Waals surface area contributed by atoms with E-state index in [1.165, 1.54) is 0 Å². The molecule has 21 heavy (non-hydrogen) atoms. The van der Waals surface area contributed by atoms with Gasteiger partial charge in [-0.3, -0.25) is 0 Å². The summed E-state index contributed by atoms with van der Waals surface area (Å²) in [5, 5.41) is 0. The maximum atomic E-state index is 13.2. The second-order valence-corrected chi connectivity index (χ2v) is 3.92. The topological polar surface area (TPSA) is 44.5 Å². The van der Waals surface area contributed by atoms with Gasteiger partial charge in [0.1, 0.15) is 23.0 Å². The predicted octanol–water partition coefficient (Wildman–Crippen LogP) is 4.24. The molecule has 0 saturated carbocycles. The van der Waals surface area contributed by atoms with E-state index in [9.17, 15) is 22.0 Å². The third-order valence-electron chi connectivity index (χ3n) is 2.34. The highest BCUT2D eigenvalue weighted by Crippen LogP contribution is 2.32. The number of nitrogens with two attached hydrogens (primary N) is 1. The Labute approximate surface area is 115 Å². The minimum Gasteiger partial charge on any atom is -0.455 e. The van der Waals surface area contributed by atoms with Gasteiger partial charge in [-0.15, -0.1) is 13.2 Å². The third kappa shape index (κ3) is 3.98. The number of hydrogen-bond acceptors (Lipinski definition) is 3. The van der Waals surface area contributed by atoms with Gasteiger partial charge < -0.3 is 15.2 Å². The van der Waals surface area contributed by atoms with E-state index in [0.717, 1.165) is 30.3 Å². The Bertz CT molecular complexity index is 640. The van der Waals surface area contributed by atoms with Crippen LogP contribution in [0.4, 0.5) is 27.6 Å². The van der Waals surface area contributed by atoms with Gasteiger partial charge >= 0.3 is 6.36 Å². The van der Waals surface area contributed by atoms with Gasteiger partial charge in [-0.05, 0) is 24.3 Å². The van der Waals surface area contributed by atoms with E-state index in [1.807, 2.05) is 0 Å². The van der Waals surface area contributed by atoms with Crippen molar-refractivity contribution in [2.75, 3.05) is 5.73 Å². The Morgan fingerprint density at radius 1 is 0.905 bits per heavy atom. The Morgan fingerprint density at radius 3 is 2.05 bits per heavy atom. The molecule has 2 aromatic rings. The number of alkyl halides is 3. The molecule has 112 valence electrons. The van der Waals surface area contributed by atoms with Crippen LogP contribution in [0.1, 0.15) is 0 Å². The molecule has 0 saturated heterocycles. The number of nitrogen functional groups attached to an aromatic ring is 1. The summed E-state index contributed by atoms with van der Waals surface area (Å²) < 4.78 is 71.0. The molecule has 3 nitrogen and oxygen atoms in total. The van der Waals surface area contributed by atoms with Crippen LogP contribution in [0.15, 0.2) is 36.4 Å². The fourth-order valence-corrected chi connectivity index (χ4v) is 1.48. The Hall–Kier alpha value is -2.51. The molecular formula is C13H8F5NO2. The standard InChI is InChI=1S/C13H8F5NO2/c14-7-5-10(15)12(19)11(6-7)20-8-1-3-9(4-2-8)21-13(16,17)18/h1-6H,19H2. The largest absolute Gasteiger partial charge is 0.573 e. The van der Waals surface area contributed by atoms with E-state index < -0.39 is 29.4 Å². The molecule has 0 atom stereocenters. The lowest BCUT2D eigenvalue weighted by molar-refractivity contribution is -0.274. The first kappa shape index (κ1) is 14.9. The van der Waals surface area contributed by atoms with E-state index in [1.54, 1.807) is 0 Å². The van der Waals surface area contributed by atoms with Crippen LogP contribution in [0.3, 0.4) is 0 Å². The van der Waals surface area contributed by atoms with Crippen molar-refractivity contribution in [3.63, 3.8) is 0 Å². The number of hydrogen-bond donors (Lipinski definition) is 1. The van der Waals surface area contributed by atoms with Gasteiger partial charge in [0.25, 0.3) is 0 Å². The van der Waals surface area contributed by atoms with Crippen molar-refractivity contribution < 1.29 is 31.4 Å². The second-order valence-electron chi connectivity index (χ2n) is 3.92. The molecule has 0 aliphatic carbocycles. The summed E-state index contributed by atoms with van der Waals surface area (Å²) in [5.74, 6) is -2.58. The first-order chi connectivity index (χ1) is 9.74. The molecule has 0 aromatic heterocycles. The summed E-state index contributed by atoms with van der Waals surface area (Å²) in [6, 6.07) is 5.72. The molecule has 0 fully saturated rings. The van der Waals surface area contributed by atoms with Crippen molar-refractivity contribution in [3.8, 4) is 17.2 Å². The van der Waals surface area contributed by atoms with Crippen LogP contribution in [-0.4, -0.2) is 6.36 Å². The van der Waals surface area contributed by atoms with Gasteiger partial charge in [0.2, 0.25) is 0 Å². The molecule has 0 bridgehead atoms. The van der Waals surface area contributed by atoms with E-state index in [4.69, 9.17) is 10.5 Å². The highest BCUT2D eigenvalue weighted by Gasteiger charge is 2.31. The molecule has 0 heterocycles. The number of halogens is 5. The molecule has 2 N–H and O–H groups in total. The first-order valence-corrected chi connectivity index (χ1v) is 5.53. The summed E-state index contributed by atoms with van der Waals surface area (Å²) in [4.78, 5) is 0. The van der Waals surface area contributed by atoms with Crippen molar-refractivity contribution in [1.29, 1.82) is 0 Å². The Kier molecular flexibility index (Phi) is 3.88. The number of rotatable bonds is 3. The van der Waals surface area contributed by atoms with Gasteiger partial charge in [-0.25, -0.2) is 8.78 Å². The zero-order valence-corrected chi connectivity index (χ0v) is 10.2. The van der Waals surface area contributed by atoms with Gasteiger partial charge in [0, 0.05) is 12.1 Å².